The lowest BCUT2D eigenvalue weighted by Gasteiger charge is -2.38. The Morgan fingerprint density at radius 1 is 1.19 bits per heavy atom. The second-order valence-electron chi connectivity index (χ2n) is 6.44. The van der Waals surface area contributed by atoms with Crippen molar-refractivity contribution in [3.8, 4) is 0 Å². The molecule has 0 bridgehead atoms. The van der Waals surface area contributed by atoms with Crippen molar-refractivity contribution in [1.29, 1.82) is 0 Å². The van der Waals surface area contributed by atoms with Crippen LogP contribution in [0.2, 0.25) is 0 Å². The van der Waals surface area contributed by atoms with E-state index in [0.717, 1.165) is 32.1 Å². The summed E-state index contributed by atoms with van der Waals surface area (Å²) in [5, 5.41) is 5.94. The Kier molecular flexibility index (Phi) is 7.72. The molecule has 0 saturated carbocycles. The lowest BCUT2D eigenvalue weighted by Crippen LogP contribution is -2.54. The van der Waals surface area contributed by atoms with E-state index in [0.29, 0.717) is 13.2 Å². The fourth-order valence-corrected chi connectivity index (χ4v) is 3.08. The van der Waals surface area contributed by atoms with Gasteiger partial charge >= 0.3 is 0 Å². The molecule has 7 nitrogen and oxygen atoms in total. The first-order valence-corrected chi connectivity index (χ1v) is 9.09. The summed E-state index contributed by atoms with van der Waals surface area (Å²) in [5.74, 6) is 0.713. The summed E-state index contributed by atoms with van der Waals surface area (Å²) >= 11 is 0. The van der Waals surface area contributed by atoms with E-state index < -0.39 is 0 Å². The number of ether oxygens (including phenoxy) is 1. The number of nitrogens with one attached hydrogen (secondary N) is 2. The van der Waals surface area contributed by atoms with E-state index in [4.69, 9.17) is 4.74 Å². The molecule has 0 radical (unpaired) electrons. The molecular formula is C19H31N5O2. The molecule has 0 aromatic heterocycles. The second-order valence-corrected chi connectivity index (χ2v) is 6.44. The molecule has 0 atom stereocenters. The maximum Gasteiger partial charge on any atom is 0.239 e. The third-order valence-electron chi connectivity index (χ3n) is 4.74. The van der Waals surface area contributed by atoms with Crippen LogP contribution in [0, 0.1) is 13.8 Å². The molecule has 1 heterocycles. The Hall–Kier alpha value is -2.28. The van der Waals surface area contributed by atoms with Crippen molar-refractivity contribution in [2.75, 3.05) is 64.9 Å². The third kappa shape index (κ3) is 5.36. The Balaban J connectivity index is 1.83. The van der Waals surface area contributed by atoms with E-state index in [1.165, 1.54) is 16.8 Å². The molecule has 0 spiro atoms. The summed E-state index contributed by atoms with van der Waals surface area (Å²) in [5.41, 5.74) is 3.98. The highest BCUT2D eigenvalue weighted by molar-refractivity contribution is 5.86. The predicted octanol–water partition coefficient (Wildman–Crippen LogP) is 0.763. The quantitative estimate of drug-likeness (QED) is 0.445. The van der Waals surface area contributed by atoms with E-state index in [1.54, 1.807) is 14.2 Å². The second kappa shape index (κ2) is 10.0. The number of guanidine groups is 1. The van der Waals surface area contributed by atoms with Gasteiger partial charge < -0.3 is 25.2 Å². The Morgan fingerprint density at radius 3 is 2.58 bits per heavy atom. The van der Waals surface area contributed by atoms with Crippen molar-refractivity contribution >= 4 is 17.6 Å². The molecule has 1 aliphatic rings. The summed E-state index contributed by atoms with van der Waals surface area (Å²) in [7, 11) is 3.37. The van der Waals surface area contributed by atoms with Crippen LogP contribution in [0.4, 0.5) is 5.69 Å². The van der Waals surface area contributed by atoms with Crippen molar-refractivity contribution < 1.29 is 9.53 Å². The molecule has 2 rings (SSSR count). The molecule has 1 fully saturated rings. The lowest BCUT2D eigenvalue weighted by molar-refractivity contribution is -0.120. The van der Waals surface area contributed by atoms with Gasteiger partial charge in [-0.25, -0.2) is 0 Å². The van der Waals surface area contributed by atoms with Gasteiger partial charge in [-0.3, -0.25) is 9.79 Å². The van der Waals surface area contributed by atoms with Crippen LogP contribution in [0.15, 0.2) is 23.2 Å². The van der Waals surface area contributed by atoms with E-state index in [2.05, 4.69) is 57.5 Å². The van der Waals surface area contributed by atoms with Crippen molar-refractivity contribution in [2.24, 2.45) is 4.99 Å². The van der Waals surface area contributed by atoms with Crippen LogP contribution in [-0.4, -0.2) is 76.8 Å². The van der Waals surface area contributed by atoms with Gasteiger partial charge in [0.05, 0.1) is 13.2 Å². The number of carbonyl (C=O) groups is 1. The maximum atomic E-state index is 11.8. The number of aliphatic imine (C=N–C) groups is 1. The van der Waals surface area contributed by atoms with Crippen LogP contribution in [0.1, 0.15) is 11.1 Å². The number of anilines is 1. The fourth-order valence-electron chi connectivity index (χ4n) is 3.08. The highest BCUT2D eigenvalue weighted by atomic mass is 16.5. The van der Waals surface area contributed by atoms with Gasteiger partial charge in [0.1, 0.15) is 0 Å². The number of benzene rings is 1. The van der Waals surface area contributed by atoms with E-state index >= 15 is 0 Å². The number of methoxy groups -OCH3 is 1. The summed E-state index contributed by atoms with van der Waals surface area (Å²) in [4.78, 5) is 20.8. The molecule has 1 amide bonds. The van der Waals surface area contributed by atoms with Crippen molar-refractivity contribution in [1.82, 2.24) is 15.5 Å². The summed E-state index contributed by atoms with van der Waals surface area (Å²) in [6, 6.07) is 6.46. The van der Waals surface area contributed by atoms with Gasteiger partial charge in [-0.15, -0.1) is 0 Å². The number of rotatable bonds is 6. The molecule has 1 aromatic carbocycles. The van der Waals surface area contributed by atoms with Gasteiger partial charge in [-0.1, -0.05) is 12.1 Å². The van der Waals surface area contributed by atoms with Gasteiger partial charge in [-0.05, 0) is 31.0 Å². The molecule has 7 heteroatoms. The monoisotopic (exact) mass is 361 g/mol. The van der Waals surface area contributed by atoms with Crippen molar-refractivity contribution in [3.05, 3.63) is 29.3 Å². The molecule has 0 unspecified atom stereocenters. The number of hydrogen-bond donors (Lipinski definition) is 2. The number of carbonyl (C=O) groups excluding carboxylic acids is 1. The van der Waals surface area contributed by atoms with Gasteiger partial charge in [0.2, 0.25) is 5.91 Å². The Morgan fingerprint density at radius 2 is 1.92 bits per heavy atom. The smallest absolute Gasteiger partial charge is 0.239 e. The molecule has 2 N–H and O–H groups in total. The minimum absolute atomic E-state index is 0.0581. The molecular weight excluding hydrogens is 330 g/mol. The molecule has 144 valence electrons. The standard InChI is InChI=1S/C19H31N5O2/c1-15-6-5-7-17(16(15)2)23-9-11-24(12-10-23)19(20-3)22-14-18(25)21-8-13-26-4/h5-7H,8-14H2,1-4H3,(H,20,22)(H,21,25). The minimum atomic E-state index is -0.0581. The van der Waals surface area contributed by atoms with Crippen molar-refractivity contribution in [2.45, 2.75) is 13.8 Å². The van der Waals surface area contributed by atoms with Gasteiger partial charge in [-0.2, -0.15) is 0 Å². The van der Waals surface area contributed by atoms with Gasteiger partial charge in [0, 0.05) is 52.6 Å². The predicted molar refractivity (Wildman–Crippen MR) is 106 cm³/mol. The zero-order chi connectivity index (χ0) is 18.9. The number of piperazine rings is 1. The molecule has 1 saturated heterocycles. The minimum Gasteiger partial charge on any atom is -0.383 e. The fraction of sp³-hybridized carbons (Fsp3) is 0.579. The summed E-state index contributed by atoms with van der Waals surface area (Å²) in [6.07, 6.45) is 0. The molecule has 0 aliphatic carbocycles. The number of nitrogens with zero attached hydrogens (tertiary/aromatic N) is 3. The first-order chi connectivity index (χ1) is 12.6. The van der Waals surface area contributed by atoms with Gasteiger partial charge in [0.15, 0.2) is 5.96 Å². The highest BCUT2D eigenvalue weighted by Gasteiger charge is 2.21. The zero-order valence-corrected chi connectivity index (χ0v) is 16.3. The van der Waals surface area contributed by atoms with Crippen LogP contribution in [0.25, 0.3) is 0 Å². The van der Waals surface area contributed by atoms with Crippen LogP contribution in [-0.2, 0) is 9.53 Å². The summed E-state index contributed by atoms with van der Waals surface area (Å²) < 4.78 is 4.92. The topological polar surface area (TPSA) is 69.2 Å². The Bertz CT molecular complexity index is 624. The Labute approximate surface area is 156 Å². The molecule has 26 heavy (non-hydrogen) atoms. The normalized spacial score (nSPS) is 15.2. The van der Waals surface area contributed by atoms with Gasteiger partial charge in [0.25, 0.3) is 0 Å². The van der Waals surface area contributed by atoms with E-state index in [9.17, 15) is 4.79 Å². The number of aryl methyl sites for hydroxylation is 1. The maximum absolute atomic E-state index is 11.8. The van der Waals surface area contributed by atoms with Crippen LogP contribution in [0.3, 0.4) is 0 Å². The molecule has 1 aliphatic heterocycles. The SMILES string of the molecule is CN=C(NCC(=O)NCCOC)N1CCN(c2cccc(C)c2C)CC1. The first kappa shape index (κ1) is 20.0. The van der Waals surface area contributed by atoms with Crippen LogP contribution in [0.5, 0.6) is 0 Å². The average Bonchev–Trinajstić information content (AvgIpc) is 2.65. The van der Waals surface area contributed by atoms with E-state index in [-0.39, 0.29) is 12.5 Å². The number of hydrogen-bond acceptors (Lipinski definition) is 4. The molecule has 1 aromatic rings. The number of amides is 1. The average molecular weight is 361 g/mol. The highest BCUT2D eigenvalue weighted by Crippen LogP contribution is 2.23. The first-order valence-electron chi connectivity index (χ1n) is 9.09. The van der Waals surface area contributed by atoms with Crippen LogP contribution < -0.4 is 15.5 Å². The lowest BCUT2D eigenvalue weighted by atomic mass is 10.1. The largest absolute Gasteiger partial charge is 0.383 e. The van der Waals surface area contributed by atoms with E-state index in [1.807, 2.05) is 0 Å². The zero-order valence-electron chi connectivity index (χ0n) is 16.3. The third-order valence-corrected chi connectivity index (χ3v) is 4.74. The van der Waals surface area contributed by atoms with Crippen LogP contribution >= 0.6 is 0 Å². The summed E-state index contributed by atoms with van der Waals surface area (Å²) in [6.45, 7) is 9.20. The van der Waals surface area contributed by atoms with Crippen molar-refractivity contribution in [3.63, 3.8) is 0 Å².